The molecule has 7 nitrogen and oxygen atoms in total. The van der Waals surface area contributed by atoms with E-state index in [0.717, 1.165) is 3.79 Å². The lowest BCUT2D eigenvalue weighted by molar-refractivity contribution is 0.0847. The number of hydrogen-bond acceptors (Lipinski definition) is 5. The molecule has 0 saturated heterocycles. The number of amides is 2. The standard InChI is InChI=1S/C17H16BrN3O4S/c1-17(2)6-10-8(11(22)7-17)5-9(14(23)19-10)15(24)20-21-16(25)12-3-4-13(18)26-12/h3-5H,6-7H2,1-2H3,(H,19,23)(H,20,24)(H,21,25). The summed E-state index contributed by atoms with van der Waals surface area (Å²) >= 11 is 4.45. The third kappa shape index (κ3) is 3.78. The van der Waals surface area contributed by atoms with Crippen molar-refractivity contribution in [3.63, 3.8) is 0 Å². The van der Waals surface area contributed by atoms with Gasteiger partial charge in [0, 0.05) is 17.7 Å². The lowest BCUT2D eigenvalue weighted by Crippen LogP contribution is -2.43. The number of H-pyrrole nitrogens is 1. The van der Waals surface area contributed by atoms with Gasteiger partial charge in [0.25, 0.3) is 17.4 Å². The maximum atomic E-state index is 12.3. The van der Waals surface area contributed by atoms with Gasteiger partial charge in [0.15, 0.2) is 5.78 Å². The topological polar surface area (TPSA) is 108 Å². The summed E-state index contributed by atoms with van der Waals surface area (Å²) in [4.78, 5) is 51.8. The van der Waals surface area contributed by atoms with Crippen LogP contribution in [0.5, 0.6) is 0 Å². The van der Waals surface area contributed by atoms with Gasteiger partial charge in [-0.15, -0.1) is 11.3 Å². The molecule has 3 N–H and O–H groups in total. The van der Waals surface area contributed by atoms with Crippen molar-refractivity contribution in [2.24, 2.45) is 5.41 Å². The lowest BCUT2D eigenvalue weighted by atomic mass is 9.75. The van der Waals surface area contributed by atoms with Crippen LogP contribution in [0.25, 0.3) is 0 Å². The van der Waals surface area contributed by atoms with Gasteiger partial charge >= 0.3 is 0 Å². The highest BCUT2D eigenvalue weighted by Gasteiger charge is 2.32. The van der Waals surface area contributed by atoms with Crippen LogP contribution in [-0.4, -0.2) is 22.6 Å². The van der Waals surface area contributed by atoms with Gasteiger partial charge < -0.3 is 4.98 Å². The maximum Gasteiger partial charge on any atom is 0.279 e. The summed E-state index contributed by atoms with van der Waals surface area (Å²) in [6.07, 6.45) is 0.895. The average molecular weight is 438 g/mol. The second-order valence-corrected chi connectivity index (χ2v) is 9.32. The van der Waals surface area contributed by atoms with E-state index in [9.17, 15) is 19.2 Å². The number of nitrogens with one attached hydrogen (secondary N) is 3. The Morgan fingerprint density at radius 3 is 2.50 bits per heavy atom. The molecule has 0 unspecified atom stereocenters. The predicted molar refractivity (Wildman–Crippen MR) is 100 cm³/mol. The van der Waals surface area contributed by atoms with Crippen molar-refractivity contribution in [3.8, 4) is 0 Å². The van der Waals surface area contributed by atoms with Crippen molar-refractivity contribution in [1.82, 2.24) is 15.8 Å². The van der Waals surface area contributed by atoms with E-state index < -0.39 is 17.4 Å². The number of carbonyl (C=O) groups excluding carboxylic acids is 3. The molecule has 2 aromatic heterocycles. The van der Waals surface area contributed by atoms with Crippen molar-refractivity contribution in [2.45, 2.75) is 26.7 Å². The van der Waals surface area contributed by atoms with E-state index in [2.05, 4.69) is 31.8 Å². The van der Waals surface area contributed by atoms with Gasteiger partial charge in [-0.2, -0.15) is 0 Å². The SMILES string of the molecule is CC1(C)CC(=O)c2cc(C(=O)NNC(=O)c3ccc(Br)s3)c(=O)[nH]c2C1. The first-order valence-corrected chi connectivity index (χ1v) is 9.43. The fourth-order valence-electron chi connectivity index (χ4n) is 2.88. The third-order valence-corrected chi connectivity index (χ3v) is 5.67. The minimum Gasteiger partial charge on any atom is -0.325 e. The lowest BCUT2D eigenvalue weighted by Gasteiger charge is -2.29. The van der Waals surface area contributed by atoms with Gasteiger partial charge in [0.05, 0.1) is 8.66 Å². The Bertz CT molecular complexity index is 977. The number of pyridine rings is 1. The molecule has 1 aliphatic rings. The van der Waals surface area contributed by atoms with E-state index in [1.807, 2.05) is 13.8 Å². The number of aromatic nitrogens is 1. The number of ketones is 1. The van der Waals surface area contributed by atoms with Crippen LogP contribution in [0.2, 0.25) is 0 Å². The number of fused-ring (bicyclic) bond motifs is 1. The van der Waals surface area contributed by atoms with Gasteiger partial charge in [-0.25, -0.2) is 0 Å². The molecule has 0 aliphatic heterocycles. The summed E-state index contributed by atoms with van der Waals surface area (Å²) < 4.78 is 0.779. The molecule has 2 heterocycles. The molecule has 2 amide bonds. The van der Waals surface area contributed by atoms with Crippen molar-refractivity contribution in [3.05, 3.63) is 54.0 Å². The van der Waals surface area contributed by atoms with E-state index in [1.165, 1.54) is 17.4 Å². The van der Waals surface area contributed by atoms with E-state index in [1.54, 1.807) is 12.1 Å². The molecule has 1 aliphatic carbocycles. The number of aromatic amines is 1. The summed E-state index contributed by atoms with van der Waals surface area (Å²) in [6.45, 7) is 3.90. The Labute approximate surface area is 161 Å². The van der Waals surface area contributed by atoms with Crippen LogP contribution in [0.15, 0.2) is 26.8 Å². The largest absolute Gasteiger partial charge is 0.325 e. The van der Waals surface area contributed by atoms with Crippen molar-refractivity contribution in [1.29, 1.82) is 0 Å². The Morgan fingerprint density at radius 1 is 1.15 bits per heavy atom. The Morgan fingerprint density at radius 2 is 1.85 bits per heavy atom. The third-order valence-electron chi connectivity index (χ3n) is 4.05. The van der Waals surface area contributed by atoms with Crippen LogP contribution >= 0.6 is 27.3 Å². The average Bonchev–Trinajstić information content (AvgIpc) is 2.97. The Balaban J connectivity index is 1.78. The van der Waals surface area contributed by atoms with Gasteiger partial charge in [-0.3, -0.25) is 30.0 Å². The molecule has 0 fully saturated rings. The zero-order chi connectivity index (χ0) is 19.1. The molecule has 2 aromatic rings. The van der Waals surface area contributed by atoms with Crippen molar-refractivity contribution >= 4 is 44.9 Å². The predicted octanol–water partition coefficient (Wildman–Crippen LogP) is 2.43. The molecular weight excluding hydrogens is 422 g/mol. The number of halogens is 1. The monoisotopic (exact) mass is 437 g/mol. The maximum absolute atomic E-state index is 12.3. The summed E-state index contributed by atoms with van der Waals surface area (Å²) in [7, 11) is 0. The van der Waals surface area contributed by atoms with Crippen molar-refractivity contribution < 1.29 is 14.4 Å². The van der Waals surface area contributed by atoms with Crippen LogP contribution in [0.3, 0.4) is 0 Å². The molecule has 0 saturated carbocycles. The number of hydrogen-bond donors (Lipinski definition) is 3. The van der Waals surface area contributed by atoms with E-state index in [-0.39, 0.29) is 16.8 Å². The highest BCUT2D eigenvalue weighted by molar-refractivity contribution is 9.11. The van der Waals surface area contributed by atoms with Crippen LogP contribution in [0.4, 0.5) is 0 Å². The molecule has 26 heavy (non-hydrogen) atoms. The first-order chi connectivity index (χ1) is 12.2. The summed E-state index contributed by atoms with van der Waals surface area (Å²) in [5.41, 5.74) is 4.30. The zero-order valence-corrected chi connectivity index (χ0v) is 16.5. The highest BCUT2D eigenvalue weighted by Crippen LogP contribution is 2.33. The zero-order valence-electron chi connectivity index (χ0n) is 14.1. The molecule has 3 rings (SSSR count). The van der Waals surface area contributed by atoms with Crippen LogP contribution < -0.4 is 16.4 Å². The van der Waals surface area contributed by atoms with Gasteiger partial charge in [-0.1, -0.05) is 13.8 Å². The summed E-state index contributed by atoms with van der Waals surface area (Å²) in [5.74, 6) is -1.40. The van der Waals surface area contributed by atoms with E-state index >= 15 is 0 Å². The number of thiophene rings is 1. The van der Waals surface area contributed by atoms with Gasteiger partial charge in [0.1, 0.15) is 5.56 Å². The number of rotatable bonds is 2. The van der Waals surface area contributed by atoms with Gasteiger partial charge in [0.2, 0.25) is 0 Å². The van der Waals surface area contributed by atoms with Crippen LogP contribution in [0.1, 0.15) is 56.3 Å². The van der Waals surface area contributed by atoms with E-state index in [4.69, 9.17) is 0 Å². The fraction of sp³-hybridized carbons (Fsp3) is 0.294. The molecule has 0 aromatic carbocycles. The van der Waals surface area contributed by atoms with Crippen LogP contribution in [0, 0.1) is 5.41 Å². The molecule has 0 spiro atoms. The van der Waals surface area contributed by atoms with Crippen molar-refractivity contribution in [2.75, 3.05) is 0 Å². The number of carbonyl (C=O) groups is 3. The normalized spacial score (nSPS) is 15.3. The molecule has 0 radical (unpaired) electrons. The quantitative estimate of drug-likeness (QED) is 0.626. The number of hydrazine groups is 1. The highest BCUT2D eigenvalue weighted by atomic mass is 79.9. The first kappa shape index (κ1) is 18.5. The van der Waals surface area contributed by atoms with Gasteiger partial charge in [-0.05, 0) is 46.0 Å². The second kappa shape index (κ2) is 6.81. The second-order valence-electron chi connectivity index (χ2n) is 6.86. The minimum atomic E-state index is -0.782. The number of Topliss-reactive ketones (excluding diaryl/α,β-unsaturated/α-hetero) is 1. The molecule has 136 valence electrons. The Hall–Kier alpha value is -2.26. The van der Waals surface area contributed by atoms with Crippen LogP contribution in [-0.2, 0) is 6.42 Å². The summed E-state index contributed by atoms with van der Waals surface area (Å²) in [5, 5.41) is 0. The molecule has 0 bridgehead atoms. The minimum absolute atomic E-state index is 0.117. The first-order valence-electron chi connectivity index (χ1n) is 7.82. The summed E-state index contributed by atoms with van der Waals surface area (Å²) in [6, 6.07) is 4.61. The molecule has 9 heteroatoms. The Kier molecular flexibility index (Phi) is 4.85. The fourth-order valence-corrected chi connectivity index (χ4v) is 4.16. The molecule has 0 atom stereocenters. The molecular formula is C17H16BrN3O4S. The smallest absolute Gasteiger partial charge is 0.279 e. The van der Waals surface area contributed by atoms with E-state index in [0.29, 0.717) is 29.0 Å².